The van der Waals surface area contributed by atoms with E-state index in [2.05, 4.69) is 5.32 Å². The maximum absolute atomic E-state index is 13.3. The van der Waals surface area contributed by atoms with Crippen LogP contribution in [-0.2, 0) is 33.3 Å². The molecule has 1 heterocycles. The van der Waals surface area contributed by atoms with Crippen molar-refractivity contribution < 1.29 is 43.2 Å². The number of hydrogen-bond acceptors (Lipinski definition) is 9. The Morgan fingerprint density at radius 1 is 1.10 bits per heavy atom. The molecule has 0 unspecified atom stereocenters. The third-order valence-corrected chi connectivity index (χ3v) is 6.95. The lowest BCUT2D eigenvalue weighted by Gasteiger charge is -2.29. The number of aliphatic hydroxyl groups excluding tert-OH is 1. The molecule has 0 aromatic rings. The number of allylic oxidation sites excluding steroid dienone is 4. The Hall–Kier alpha value is -3.54. The van der Waals surface area contributed by atoms with Crippen LogP contribution in [0.15, 0.2) is 58.6 Å². The first-order valence-electron chi connectivity index (χ1n) is 13.0. The van der Waals surface area contributed by atoms with Gasteiger partial charge < -0.3 is 35.1 Å². The maximum Gasteiger partial charge on any atom is 0.405 e. The fourth-order valence-corrected chi connectivity index (χ4v) is 4.78. The molecule has 220 valence electrons. The van der Waals surface area contributed by atoms with Crippen LogP contribution in [0.5, 0.6) is 0 Å². The number of nitrogens with two attached hydrogens (primary N) is 1. The number of fused-ring (bicyclic) bond motifs is 2. The van der Waals surface area contributed by atoms with Crippen molar-refractivity contribution in [1.82, 2.24) is 5.32 Å². The van der Waals surface area contributed by atoms with Crippen LogP contribution in [0.1, 0.15) is 40.5 Å². The average molecular weight is 561 g/mol. The molecule has 2 bridgehead atoms. The number of methoxy groups -OCH3 is 3. The van der Waals surface area contributed by atoms with E-state index in [1.54, 1.807) is 32.1 Å². The average Bonchev–Trinajstić information content (AvgIpc) is 2.90. The zero-order chi connectivity index (χ0) is 30.1. The number of aliphatic hydroxyl groups is 1. The van der Waals surface area contributed by atoms with E-state index in [4.69, 9.17) is 24.7 Å². The van der Waals surface area contributed by atoms with Crippen molar-refractivity contribution in [3.05, 3.63) is 58.6 Å². The normalized spacial score (nSPS) is 32.7. The van der Waals surface area contributed by atoms with Gasteiger partial charge >= 0.3 is 6.09 Å². The molecule has 40 heavy (non-hydrogen) atoms. The molecule has 6 atom stereocenters. The second-order valence-electron chi connectivity index (χ2n) is 10.1. The molecule has 0 spiro atoms. The number of primary amides is 1. The van der Waals surface area contributed by atoms with Gasteiger partial charge in [0.1, 0.15) is 6.10 Å². The van der Waals surface area contributed by atoms with Crippen molar-refractivity contribution in [3.63, 3.8) is 0 Å². The molecule has 11 heteroatoms. The van der Waals surface area contributed by atoms with E-state index in [1.165, 1.54) is 34.3 Å². The summed E-state index contributed by atoms with van der Waals surface area (Å²) in [5.74, 6) is -2.39. The lowest BCUT2D eigenvalue weighted by Crippen LogP contribution is -2.37. The fourth-order valence-electron chi connectivity index (χ4n) is 4.78. The molecule has 4 N–H and O–H groups in total. The molecule has 11 nitrogen and oxygen atoms in total. The van der Waals surface area contributed by atoms with Gasteiger partial charge in [-0.05, 0) is 38.2 Å². The van der Waals surface area contributed by atoms with Crippen LogP contribution in [0.4, 0.5) is 4.79 Å². The zero-order valence-electron chi connectivity index (χ0n) is 24.1. The summed E-state index contributed by atoms with van der Waals surface area (Å²) < 4.78 is 21.7. The molecule has 2 aliphatic rings. The summed E-state index contributed by atoms with van der Waals surface area (Å²) in [6, 6.07) is 0. The standard InChI is InChI=1S/C29H40N2O9/c1-15-11-19-25(34)20(14-21(32)27(19)39-7)31-28(35)16(2)9-8-10-22(37-5)26(40-29(30)36)18(4)13-17(3)24(33)23(12-15)38-6/h8-10,13-15,17,22-24,26,33H,11-12H2,1-7H3,(H2,30,36)(H,31,35)/b10-8-,16-9+,18-13+/t15-,17+,22+,23+,24+,26+/m1/s1. The molecule has 2 rings (SSSR count). The molecule has 0 radical (unpaired) electrons. The smallest absolute Gasteiger partial charge is 0.405 e. The van der Waals surface area contributed by atoms with Crippen LogP contribution in [0.25, 0.3) is 0 Å². The van der Waals surface area contributed by atoms with E-state index < -0.39 is 53.9 Å². The predicted octanol–water partition coefficient (Wildman–Crippen LogP) is 2.41. The van der Waals surface area contributed by atoms with E-state index in [0.717, 1.165) is 6.08 Å². The summed E-state index contributed by atoms with van der Waals surface area (Å²) in [6.07, 6.45) is 3.61. The van der Waals surface area contributed by atoms with Gasteiger partial charge in [0.25, 0.3) is 5.91 Å². The molecule has 0 saturated carbocycles. The van der Waals surface area contributed by atoms with Crippen molar-refractivity contribution in [2.24, 2.45) is 17.6 Å². The molecule has 0 saturated heterocycles. The SMILES string of the molecule is COC1=C2C[C@@H](C)C[C@H](OC)[C@@H](O)[C@@H](C)/C=C(\C)[C@H](OC(N)=O)[C@@H](OC)/C=C\C=C(/C)C(=O)NC(=CC1=O)C2=O. The van der Waals surface area contributed by atoms with Crippen LogP contribution in [0.2, 0.25) is 0 Å². The van der Waals surface area contributed by atoms with Crippen molar-refractivity contribution in [1.29, 1.82) is 0 Å². The largest absolute Gasteiger partial charge is 0.492 e. The number of carbonyl (C=O) groups is 4. The maximum atomic E-state index is 13.3. The van der Waals surface area contributed by atoms with Gasteiger partial charge in [-0.2, -0.15) is 0 Å². The van der Waals surface area contributed by atoms with E-state index in [9.17, 15) is 24.3 Å². The second-order valence-corrected chi connectivity index (χ2v) is 10.1. The summed E-state index contributed by atoms with van der Waals surface area (Å²) in [5, 5.41) is 13.7. The van der Waals surface area contributed by atoms with Gasteiger partial charge in [-0.15, -0.1) is 0 Å². The number of nitrogens with one attached hydrogen (secondary N) is 1. The van der Waals surface area contributed by atoms with Crippen LogP contribution in [-0.4, -0.2) is 74.4 Å². The van der Waals surface area contributed by atoms with Crippen LogP contribution < -0.4 is 11.1 Å². The van der Waals surface area contributed by atoms with Crippen LogP contribution in [0.3, 0.4) is 0 Å². The fraction of sp³-hybridized carbons (Fsp3) is 0.517. The number of ketones is 2. The zero-order valence-corrected chi connectivity index (χ0v) is 24.1. The lowest BCUT2D eigenvalue weighted by molar-refractivity contribution is -0.120. The highest BCUT2D eigenvalue weighted by molar-refractivity contribution is 6.23. The highest BCUT2D eigenvalue weighted by Crippen LogP contribution is 2.29. The lowest BCUT2D eigenvalue weighted by atomic mass is 9.85. The summed E-state index contributed by atoms with van der Waals surface area (Å²) in [7, 11) is 4.21. The second kappa shape index (κ2) is 14.7. The Balaban J connectivity index is 2.60. The summed E-state index contributed by atoms with van der Waals surface area (Å²) in [5.41, 5.74) is 6.12. The van der Waals surface area contributed by atoms with Gasteiger partial charge in [0.15, 0.2) is 11.9 Å². The van der Waals surface area contributed by atoms with Gasteiger partial charge in [-0.3, -0.25) is 14.4 Å². The molecule has 2 amide bonds. The Labute approximate surface area is 234 Å². The van der Waals surface area contributed by atoms with Gasteiger partial charge in [0.2, 0.25) is 11.6 Å². The molecule has 0 aromatic carbocycles. The van der Waals surface area contributed by atoms with Gasteiger partial charge in [0.05, 0.1) is 25.0 Å². The monoisotopic (exact) mass is 560 g/mol. The Morgan fingerprint density at radius 2 is 1.77 bits per heavy atom. The molecule has 0 aromatic heterocycles. The summed E-state index contributed by atoms with van der Waals surface area (Å²) >= 11 is 0. The third-order valence-electron chi connectivity index (χ3n) is 6.95. The third kappa shape index (κ3) is 8.23. The van der Waals surface area contributed by atoms with E-state index >= 15 is 0 Å². The number of ether oxygens (including phenoxy) is 4. The minimum Gasteiger partial charge on any atom is -0.492 e. The van der Waals surface area contributed by atoms with E-state index in [1.807, 2.05) is 6.92 Å². The highest BCUT2D eigenvalue weighted by Gasteiger charge is 2.34. The summed E-state index contributed by atoms with van der Waals surface area (Å²) in [4.78, 5) is 50.6. The van der Waals surface area contributed by atoms with Crippen molar-refractivity contribution in [3.8, 4) is 0 Å². The Kier molecular flexibility index (Phi) is 12.0. The number of rotatable bonds is 4. The van der Waals surface area contributed by atoms with Gasteiger partial charge in [0, 0.05) is 37.4 Å². The minimum atomic E-state index is -1.00. The molecule has 1 aliphatic heterocycles. The van der Waals surface area contributed by atoms with Crippen LogP contribution in [0, 0.1) is 11.8 Å². The van der Waals surface area contributed by atoms with E-state index in [-0.39, 0.29) is 34.9 Å². The summed E-state index contributed by atoms with van der Waals surface area (Å²) in [6.45, 7) is 6.92. The number of hydrogen-bond donors (Lipinski definition) is 3. The Bertz CT molecular complexity index is 1150. The molecular formula is C29H40N2O9. The van der Waals surface area contributed by atoms with Gasteiger partial charge in [-0.25, -0.2) is 4.79 Å². The number of Topliss-reactive ketones (excluding diaryl/α,β-unsaturated/α-hetero) is 1. The minimum absolute atomic E-state index is 0.0801. The first kappa shape index (κ1) is 32.7. The number of carbonyl (C=O) groups excluding carboxylic acids is 4. The van der Waals surface area contributed by atoms with E-state index in [0.29, 0.717) is 12.0 Å². The molecular weight excluding hydrogens is 520 g/mol. The van der Waals surface area contributed by atoms with Crippen molar-refractivity contribution in [2.75, 3.05) is 21.3 Å². The quantitative estimate of drug-likeness (QED) is 0.346. The van der Waals surface area contributed by atoms with Crippen LogP contribution >= 0.6 is 0 Å². The molecule has 1 aliphatic carbocycles. The van der Waals surface area contributed by atoms with Gasteiger partial charge in [-0.1, -0.05) is 38.2 Å². The first-order valence-corrected chi connectivity index (χ1v) is 13.0. The first-order chi connectivity index (χ1) is 18.8. The number of amides is 2. The predicted molar refractivity (Wildman–Crippen MR) is 147 cm³/mol. The molecule has 0 fully saturated rings. The topological polar surface area (TPSA) is 163 Å². The van der Waals surface area contributed by atoms with Crippen molar-refractivity contribution >= 4 is 23.6 Å². The van der Waals surface area contributed by atoms with Crippen molar-refractivity contribution in [2.45, 2.75) is 65.0 Å². The highest BCUT2D eigenvalue weighted by atomic mass is 16.6. The Morgan fingerprint density at radius 3 is 2.35 bits per heavy atom.